The highest BCUT2D eigenvalue weighted by Crippen LogP contribution is 2.39. The van der Waals surface area contributed by atoms with Crippen LogP contribution < -0.4 is 15.7 Å². The summed E-state index contributed by atoms with van der Waals surface area (Å²) in [6.45, 7) is 2.76. The number of nitrogens with zero attached hydrogens (tertiary/aromatic N) is 1. The lowest BCUT2D eigenvalue weighted by atomic mass is 9.71. The molecule has 1 aromatic carbocycles. The predicted octanol–water partition coefficient (Wildman–Crippen LogP) is 2.39. The first-order valence-electron chi connectivity index (χ1n) is 11.8. The fourth-order valence-electron chi connectivity index (χ4n) is 5.06. The molecule has 4 rings (SSSR count). The minimum atomic E-state index is -0.636. The maximum atomic E-state index is 12.6. The largest absolute Gasteiger partial charge is 0.484 e. The number of likely N-dealkylation sites (tertiary alicyclic amines) is 1. The monoisotopic (exact) mass is 456 g/mol. The van der Waals surface area contributed by atoms with Gasteiger partial charge in [0.25, 0.3) is 5.91 Å². The highest BCUT2D eigenvalue weighted by Gasteiger charge is 2.43. The standard InChI is InChI=1S/C25H32N2O6/c1-2-5-17-12-24(30)33-21-13-19(7-8-20(17)21)32-16-22(28)26-14-23(29)27-11-10-25(31)9-4-3-6-18(25)15-27/h7-8,12-13,18,31H,2-6,9-11,14-16H2,1H3,(H,26,28). The number of benzene rings is 1. The number of carbonyl (C=O) groups is 2. The first-order chi connectivity index (χ1) is 15.9. The Labute approximate surface area is 192 Å². The molecule has 2 unspecified atom stereocenters. The van der Waals surface area contributed by atoms with E-state index in [1.165, 1.54) is 6.07 Å². The van der Waals surface area contributed by atoms with Crippen molar-refractivity contribution in [2.24, 2.45) is 5.92 Å². The number of amides is 2. The van der Waals surface area contributed by atoms with E-state index in [-0.39, 0.29) is 25.0 Å². The van der Waals surface area contributed by atoms with Crippen LogP contribution in [-0.2, 0) is 16.0 Å². The Bertz CT molecular complexity index is 1080. The summed E-state index contributed by atoms with van der Waals surface area (Å²) in [7, 11) is 0. The Hall–Kier alpha value is -2.87. The maximum absolute atomic E-state index is 12.6. The Kier molecular flexibility index (Phi) is 7.02. The predicted molar refractivity (Wildman–Crippen MR) is 123 cm³/mol. The van der Waals surface area contributed by atoms with Gasteiger partial charge in [-0.05, 0) is 43.4 Å². The molecule has 8 heteroatoms. The zero-order valence-electron chi connectivity index (χ0n) is 19.1. The Morgan fingerprint density at radius 2 is 2.12 bits per heavy atom. The summed E-state index contributed by atoms with van der Waals surface area (Å²) in [4.78, 5) is 38.3. The van der Waals surface area contributed by atoms with Crippen molar-refractivity contribution in [3.63, 3.8) is 0 Å². The number of rotatable bonds is 7. The van der Waals surface area contributed by atoms with Gasteiger partial charge in [-0.2, -0.15) is 0 Å². The third-order valence-corrected chi connectivity index (χ3v) is 6.91. The van der Waals surface area contributed by atoms with Gasteiger partial charge in [0.1, 0.15) is 11.3 Å². The molecular formula is C25H32N2O6. The molecule has 0 bridgehead atoms. The van der Waals surface area contributed by atoms with Crippen molar-refractivity contribution in [2.75, 3.05) is 26.2 Å². The van der Waals surface area contributed by atoms with Gasteiger partial charge in [0.05, 0.1) is 12.1 Å². The zero-order valence-corrected chi connectivity index (χ0v) is 19.1. The topological polar surface area (TPSA) is 109 Å². The van der Waals surface area contributed by atoms with Gasteiger partial charge in [0.2, 0.25) is 5.91 Å². The first-order valence-corrected chi connectivity index (χ1v) is 11.8. The van der Waals surface area contributed by atoms with E-state index in [0.29, 0.717) is 30.8 Å². The lowest BCUT2D eigenvalue weighted by Crippen LogP contribution is -2.56. The van der Waals surface area contributed by atoms with E-state index >= 15 is 0 Å². The normalized spacial score (nSPS) is 22.6. The SMILES string of the molecule is CCCc1cc(=O)oc2cc(OCC(=O)NCC(=O)N3CCC4(O)CCCCC4C3)ccc12. The van der Waals surface area contributed by atoms with Crippen LogP contribution in [0.15, 0.2) is 33.5 Å². The quantitative estimate of drug-likeness (QED) is 0.620. The summed E-state index contributed by atoms with van der Waals surface area (Å²) in [6.07, 6.45) is 6.16. The van der Waals surface area contributed by atoms with Gasteiger partial charge in [-0.1, -0.05) is 26.2 Å². The summed E-state index contributed by atoms with van der Waals surface area (Å²) >= 11 is 0. The van der Waals surface area contributed by atoms with Gasteiger partial charge in [-0.3, -0.25) is 9.59 Å². The molecule has 8 nitrogen and oxygen atoms in total. The molecule has 2 aromatic rings. The lowest BCUT2D eigenvalue weighted by molar-refractivity contribution is -0.143. The van der Waals surface area contributed by atoms with Crippen molar-refractivity contribution in [1.29, 1.82) is 0 Å². The molecule has 2 amide bonds. The van der Waals surface area contributed by atoms with E-state index < -0.39 is 17.1 Å². The van der Waals surface area contributed by atoms with Crippen LogP contribution in [-0.4, -0.2) is 53.7 Å². The van der Waals surface area contributed by atoms with Gasteiger partial charge >= 0.3 is 5.63 Å². The fourth-order valence-corrected chi connectivity index (χ4v) is 5.06. The molecule has 1 aromatic heterocycles. The van der Waals surface area contributed by atoms with Crippen LogP contribution >= 0.6 is 0 Å². The van der Waals surface area contributed by atoms with Crippen molar-refractivity contribution in [2.45, 2.75) is 57.5 Å². The molecule has 178 valence electrons. The second kappa shape index (κ2) is 9.95. The van der Waals surface area contributed by atoms with Crippen LogP contribution in [0.25, 0.3) is 11.0 Å². The van der Waals surface area contributed by atoms with Crippen LogP contribution in [0, 0.1) is 5.92 Å². The zero-order chi connectivity index (χ0) is 23.4. The van der Waals surface area contributed by atoms with Gasteiger partial charge in [-0.15, -0.1) is 0 Å². The minimum Gasteiger partial charge on any atom is -0.484 e. The third kappa shape index (κ3) is 5.38. The number of aliphatic hydroxyl groups is 1. The van der Waals surface area contributed by atoms with Gasteiger partial charge in [-0.25, -0.2) is 4.79 Å². The van der Waals surface area contributed by atoms with Crippen LogP contribution in [0.3, 0.4) is 0 Å². The smallest absolute Gasteiger partial charge is 0.336 e. The van der Waals surface area contributed by atoms with Crippen LogP contribution in [0.5, 0.6) is 5.75 Å². The molecule has 1 saturated heterocycles. The number of nitrogens with one attached hydrogen (secondary N) is 1. The van der Waals surface area contributed by atoms with Crippen LogP contribution in [0.4, 0.5) is 0 Å². The van der Waals surface area contributed by atoms with Crippen molar-refractivity contribution in [1.82, 2.24) is 10.2 Å². The van der Waals surface area contributed by atoms with E-state index in [4.69, 9.17) is 9.15 Å². The minimum absolute atomic E-state index is 0.0969. The molecule has 1 saturated carbocycles. The second-order valence-electron chi connectivity index (χ2n) is 9.20. The van der Waals surface area contributed by atoms with Crippen LogP contribution in [0.1, 0.15) is 51.0 Å². The number of piperidine rings is 1. The van der Waals surface area contributed by atoms with Crippen molar-refractivity contribution >= 4 is 22.8 Å². The number of carbonyl (C=O) groups excluding carboxylic acids is 2. The second-order valence-corrected chi connectivity index (χ2v) is 9.20. The number of hydrogen-bond donors (Lipinski definition) is 2. The van der Waals surface area contributed by atoms with E-state index in [1.807, 2.05) is 13.0 Å². The summed E-state index contributed by atoms with van der Waals surface area (Å²) < 4.78 is 10.8. The lowest BCUT2D eigenvalue weighted by Gasteiger charge is -2.47. The van der Waals surface area contributed by atoms with Crippen molar-refractivity contribution < 1.29 is 23.8 Å². The van der Waals surface area contributed by atoms with E-state index in [0.717, 1.165) is 49.5 Å². The summed E-state index contributed by atoms with van der Waals surface area (Å²) in [5, 5.41) is 14.2. The molecule has 33 heavy (non-hydrogen) atoms. The Balaban J connectivity index is 1.27. The Morgan fingerprint density at radius 1 is 1.27 bits per heavy atom. The van der Waals surface area contributed by atoms with Gasteiger partial charge < -0.3 is 24.5 Å². The number of aryl methyl sites for hydroxylation is 1. The molecule has 1 aliphatic heterocycles. The van der Waals surface area contributed by atoms with Gasteiger partial charge in [0, 0.05) is 36.5 Å². The molecule has 2 fully saturated rings. The highest BCUT2D eigenvalue weighted by molar-refractivity contribution is 5.86. The molecule has 0 radical (unpaired) electrons. The number of ether oxygens (including phenoxy) is 1. The third-order valence-electron chi connectivity index (χ3n) is 6.91. The fraction of sp³-hybridized carbons (Fsp3) is 0.560. The summed E-state index contributed by atoms with van der Waals surface area (Å²) in [5.41, 5.74) is 0.300. The molecule has 2 heterocycles. The van der Waals surface area contributed by atoms with Crippen molar-refractivity contribution in [3.8, 4) is 5.75 Å². The van der Waals surface area contributed by atoms with Gasteiger partial charge in [0.15, 0.2) is 6.61 Å². The molecule has 2 atom stereocenters. The molecular weight excluding hydrogens is 424 g/mol. The average molecular weight is 457 g/mol. The first kappa shape index (κ1) is 23.3. The van der Waals surface area contributed by atoms with Crippen molar-refractivity contribution in [3.05, 3.63) is 40.2 Å². The summed E-state index contributed by atoms with van der Waals surface area (Å²) in [6, 6.07) is 6.67. The van der Waals surface area contributed by atoms with E-state index in [1.54, 1.807) is 17.0 Å². The summed E-state index contributed by atoms with van der Waals surface area (Å²) in [5.74, 6) is -0.0232. The molecule has 0 spiro atoms. The molecule has 1 aliphatic carbocycles. The molecule has 2 N–H and O–H groups in total. The van der Waals surface area contributed by atoms with Crippen LogP contribution in [0.2, 0.25) is 0 Å². The molecule has 2 aliphatic rings. The average Bonchev–Trinajstić information content (AvgIpc) is 2.80. The highest BCUT2D eigenvalue weighted by atomic mass is 16.5. The Morgan fingerprint density at radius 3 is 2.94 bits per heavy atom. The number of fused-ring (bicyclic) bond motifs is 2. The maximum Gasteiger partial charge on any atom is 0.336 e. The van der Waals surface area contributed by atoms with E-state index in [9.17, 15) is 19.5 Å². The van der Waals surface area contributed by atoms with E-state index in [2.05, 4.69) is 5.32 Å². The number of hydrogen-bond acceptors (Lipinski definition) is 6.